The largest absolute Gasteiger partial charge is 0.357 e. The fourth-order valence-corrected chi connectivity index (χ4v) is 4.87. The second-order valence-electron chi connectivity index (χ2n) is 7.74. The number of aliphatic imine (C=N–C) groups is 1. The molecule has 0 amide bonds. The van der Waals surface area contributed by atoms with Crippen molar-refractivity contribution in [3.8, 4) is 0 Å². The smallest absolute Gasteiger partial charge is 0.191 e. The van der Waals surface area contributed by atoms with E-state index in [2.05, 4.69) is 55.7 Å². The SMILES string of the molecule is CCNC(=NCC(C)(C)c1ccccc1)NC1CCCC(S(=O)CC)C1. The van der Waals surface area contributed by atoms with Gasteiger partial charge in [-0.05, 0) is 31.7 Å². The van der Waals surface area contributed by atoms with Crippen molar-refractivity contribution in [1.29, 1.82) is 0 Å². The van der Waals surface area contributed by atoms with Crippen LogP contribution in [0.25, 0.3) is 0 Å². The van der Waals surface area contributed by atoms with E-state index >= 15 is 0 Å². The van der Waals surface area contributed by atoms with Crippen molar-refractivity contribution in [2.45, 2.75) is 70.1 Å². The van der Waals surface area contributed by atoms with E-state index in [1.54, 1.807) is 0 Å². The summed E-state index contributed by atoms with van der Waals surface area (Å²) in [5.74, 6) is 1.64. The van der Waals surface area contributed by atoms with Crippen molar-refractivity contribution in [3.63, 3.8) is 0 Å². The maximum atomic E-state index is 12.2. The van der Waals surface area contributed by atoms with Gasteiger partial charge in [0.15, 0.2) is 5.96 Å². The van der Waals surface area contributed by atoms with Crippen LogP contribution in [0.2, 0.25) is 0 Å². The molecule has 2 N–H and O–H groups in total. The Hall–Kier alpha value is -1.36. The molecule has 4 nitrogen and oxygen atoms in total. The Morgan fingerprint density at radius 3 is 2.62 bits per heavy atom. The van der Waals surface area contributed by atoms with E-state index in [0.29, 0.717) is 11.3 Å². The van der Waals surface area contributed by atoms with E-state index in [0.717, 1.165) is 50.5 Å². The zero-order chi connectivity index (χ0) is 19.0. The molecule has 0 aromatic heterocycles. The van der Waals surface area contributed by atoms with E-state index < -0.39 is 10.8 Å². The monoisotopic (exact) mass is 377 g/mol. The highest BCUT2D eigenvalue weighted by molar-refractivity contribution is 7.85. The van der Waals surface area contributed by atoms with Gasteiger partial charge in [-0.1, -0.05) is 57.5 Å². The fraction of sp³-hybridized carbons (Fsp3) is 0.667. The molecule has 0 spiro atoms. The minimum Gasteiger partial charge on any atom is -0.357 e. The summed E-state index contributed by atoms with van der Waals surface area (Å²) in [6, 6.07) is 10.9. The van der Waals surface area contributed by atoms with E-state index in [4.69, 9.17) is 4.99 Å². The Bertz CT molecular complexity index is 601. The number of guanidine groups is 1. The molecule has 3 atom stereocenters. The number of hydrogen-bond acceptors (Lipinski definition) is 2. The van der Waals surface area contributed by atoms with E-state index in [1.165, 1.54) is 5.56 Å². The summed E-state index contributed by atoms with van der Waals surface area (Å²) < 4.78 is 12.2. The molecule has 1 fully saturated rings. The van der Waals surface area contributed by atoms with Gasteiger partial charge in [0.05, 0.1) is 6.54 Å². The minimum atomic E-state index is -0.696. The van der Waals surface area contributed by atoms with Gasteiger partial charge in [-0.2, -0.15) is 0 Å². The zero-order valence-electron chi connectivity index (χ0n) is 16.8. The lowest BCUT2D eigenvalue weighted by molar-refractivity contribution is 0.412. The molecule has 1 saturated carbocycles. The van der Waals surface area contributed by atoms with Crippen LogP contribution < -0.4 is 10.6 Å². The van der Waals surface area contributed by atoms with Gasteiger partial charge in [0, 0.05) is 39.8 Å². The number of benzene rings is 1. The third kappa shape index (κ3) is 6.11. The first-order chi connectivity index (χ1) is 12.5. The van der Waals surface area contributed by atoms with Gasteiger partial charge in [-0.25, -0.2) is 0 Å². The van der Waals surface area contributed by atoms with Crippen LogP contribution in [0.1, 0.15) is 58.9 Å². The zero-order valence-corrected chi connectivity index (χ0v) is 17.6. The summed E-state index contributed by atoms with van der Waals surface area (Å²) in [5, 5.41) is 7.30. The molecule has 1 aliphatic rings. The molecule has 0 aliphatic heterocycles. The molecule has 1 aromatic carbocycles. The summed E-state index contributed by atoms with van der Waals surface area (Å²) >= 11 is 0. The van der Waals surface area contributed by atoms with Crippen LogP contribution in [0.15, 0.2) is 35.3 Å². The molecule has 0 saturated heterocycles. The van der Waals surface area contributed by atoms with Crippen molar-refractivity contribution < 1.29 is 4.21 Å². The first-order valence-corrected chi connectivity index (χ1v) is 11.3. The molecule has 5 heteroatoms. The molecular weight excluding hydrogens is 342 g/mol. The number of nitrogens with one attached hydrogen (secondary N) is 2. The number of rotatable bonds is 7. The van der Waals surface area contributed by atoms with Crippen LogP contribution in [0.5, 0.6) is 0 Å². The molecule has 0 heterocycles. The molecular formula is C21H35N3OS. The first-order valence-electron chi connectivity index (χ1n) is 9.93. The number of hydrogen-bond donors (Lipinski definition) is 2. The normalized spacial score (nSPS) is 22.7. The molecule has 0 radical (unpaired) electrons. The van der Waals surface area contributed by atoms with Gasteiger partial charge < -0.3 is 10.6 Å². The van der Waals surface area contributed by atoms with Crippen LogP contribution in [0, 0.1) is 0 Å². The predicted molar refractivity (Wildman–Crippen MR) is 113 cm³/mol. The maximum absolute atomic E-state index is 12.2. The van der Waals surface area contributed by atoms with Gasteiger partial charge in [-0.3, -0.25) is 9.20 Å². The van der Waals surface area contributed by atoms with Crippen LogP contribution in [-0.4, -0.2) is 40.3 Å². The Balaban J connectivity index is 2.01. The van der Waals surface area contributed by atoms with Gasteiger partial charge >= 0.3 is 0 Å². The van der Waals surface area contributed by atoms with Crippen molar-refractivity contribution >= 4 is 16.8 Å². The van der Waals surface area contributed by atoms with Gasteiger partial charge in [0.1, 0.15) is 0 Å². The third-order valence-corrected chi connectivity index (χ3v) is 6.90. The van der Waals surface area contributed by atoms with Crippen LogP contribution in [-0.2, 0) is 16.2 Å². The van der Waals surface area contributed by atoms with Crippen molar-refractivity contribution in [2.75, 3.05) is 18.8 Å². The number of nitrogens with zero attached hydrogens (tertiary/aromatic N) is 1. The highest BCUT2D eigenvalue weighted by atomic mass is 32.2. The molecule has 26 heavy (non-hydrogen) atoms. The van der Waals surface area contributed by atoms with E-state index in [9.17, 15) is 4.21 Å². The lowest BCUT2D eigenvalue weighted by Gasteiger charge is -2.30. The highest BCUT2D eigenvalue weighted by Crippen LogP contribution is 2.24. The van der Waals surface area contributed by atoms with E-state index in [1.807, 2.05) is 13.0 Å². The lowest BCUT2D eigenvalue weighted by atomic mass is 9.85. The van der Waals surface area contributed by atoms with Crippen LogP contribution in [0.3, 0.4) is 0 Å². The molecule has 1 aliphatic carbocycles. The Morgan fingerprint density at radius 1 is 1.23 bits per heavy atom. The average molecular weight is 378 g/mol. The first kappa shape index (κ1) is 20.9. The molecule has 1 aromatic rings. The highest BCUT2D eigenvalue weighted by Gasteiger charge is 2.26. The Labute approximate surface area is 161 Å². The predicted octanol–water partition coefficient (Wildman–Crippen LogP) is 3.60. The molecule has 2 rings (SSSR count). The second kappa shape index (κ2) is 10.1. The minimum absolute atomic E-state index is 0.0115. The third-order valence-electron chi connectivity index (χ3n) is 5.16. The van der Waals surface area contributed by atoms with Crippen LogP contribution in [0.4, 0.5) is 0 Å². The van der Waals surface area contributed by atoms with Gasteiger partial charge in [0.25, 0.3) is 0 Å². The molecule has 0 bridgehead atoms. The fourth-order valence-electron chi connectivity index (χ4n) is 3.52. The summed E-state index contributed by atoms with van der Waals surface area (Å²) in [6.07, 6.45) is 4.34. The summed E-state index contributed by atoms with van der Waals surface area (Å²) in [5.41, 5.74) is 1.29. The lowest BCUT2D eigenvalue weighted by Crippen LogP contribution is -2.47. The maximum Gasteiger partial charge on any atom is 0.191 e. The summed E-state index contributed by atoms with van der Waals surface area (Å²) in [7, 11) is -0.696. The summed E-state index contributed by atoms with van der Waals surface area (Å²) in [6.45, 7) is 10.1. The second-order valence-corrected chi connectivity index (χ2v) is 9.75. The quantitative estimate of drug-likeness (QED) is 0.564. The van der Waals surface area contributed by atoms with Gasteiger partial charge in [-0.15, -0.1) is 0 Å². The Kier molecular flexibility index (Phi) is 8.14. The van der Waals surface area contributed by atoms with Crippen LogP contribution >= 0.6 is 0 Å². The van der Waals surface area contributed by atoms with E-state index in [-0.39, 0.29) is 5.41 Å². The molecule has 3 unspecified atom stereocenters. The summed E-state index contributed by atoms with van der Waals surface area (Å²) in [4.78, 5) is 4.86. The topological polar surface area (TPSA) is 53.5 Å². The molecule has 146 valence electrons. The standard InChI is InChI=1S/C21H35N3OS/c1-5-22-20(23-16-21(3,4)17-11-8-7-9-12-17)24-18-13-10-14-19(15-18)26(25)6-2/h7-9,11-12,18-19H,5-6,10,13-16H2,1-4H3,(H2,22,23,24). The van der Waals surface area contributed by atoms with Gasteiger partial charge in [0.2, 0.25) is 0 Å². The van der Waals surface area contributed by atoms with Crippen molar-refractivity contribution in [1.82, 2.24) is 10.6 Å². The van der Waals surface area contributed by atoms with Crippen molar-refractivity contribution in [3.05, 3.63) is 35.9 Å². The average Bonchev–Trinajstić information content (AvgIpc) is 2.66. The Morgan fingerprint density at radius 2 is 1.96 bits per heavy atom. The van der Waals surface area contributed by atoms with Crippen molar-refractivity contribution in [2.24, 2.45) is 4.99 Å².